The summed E-state index contributed by atoms with van der Waals surface area (Å²) in [6.07, 6.45) is 1.45. The maximum absolute atomic E-state index is 11.1. The summed E-state index contributed by atoms with van der Waals surface area (Å²) in [5, 5.41) is 0. The molecule has 0 spiro atoms. The third-order valence-electron chi connectivity index (χ3n) is 2.30. The lowest BCUT2D eigenvalue weighted by Crippen LogP contribution is -2.42. The molecule has 1 fully saturated rings. The van der Waals surface area contributed by atoms with Gasteiger partial charge in [0.05, 0.1) is 6.33 Å². The van der Waals surface area contributed by atoms with Gasteiger partial charge in [-0.1, -0.05) is 9.39 Å². The summed E-state index contributed by atoms with van der Waals surface area (Å²) in [5.74, 6) is 0.770. The molecular weight excluding hydrogens is 199 g/mol. The molecule has 1 aromatic heterocycles. The largest absolute Gasteiger partial charge is 0.354 e. The first-order valence-corrected chi connectivity index (χ1v) is 5.07. The number of rotatable bonds is 1. The summed E-state index contributed by atoms with van der Waals surface area (Å²) in [5.41, 5.74) is -0.0942. The molecule has 0 aliphatic carbocycles. The Bertz CT molecular complexity index is 358. The Balaban J connectivity index is 2.12. The first kappa shape index (κ1) is 9.62. The van der Waals surface area contributed by atoms with Crippen molar-refractivity contribution in [2.45, 2.75) is 0 Å². The molecule has 0 amide bonds. The van der Waals surface area contributed by atoms with Gasteiger partial charge in [0.1, 0.15) is 5.82 Å². The number of hydrogen-bond donors (Lipinski definition) is 1. The van der Waals surface area contributed by atoms with Crippen molar-refractivity contribution in [2.24, 2.45) is 0 Å². The predicted molar refractivity (Wildman–Crippen MR) is 58.4 cm³/mol. The number of aromatic nitrogens is 2. The number of nitrogens with one attached hydrogen (secondary N) is 1. The van der Waals surface area contributed by atoms with Gasteiger partial charge in [0.2, 0.25) is 0 Å². The molecule has 0 radical (unpaired) electrons. The molecule has 1 aliphatic heterocycles. The second-order valence-electron chi connectivity index (χ2n) is 3.29. The summed E-state index contributed by atoms with van der Waals surface area (Å²) in [4.78, 5) is 19.8. The van der Waals surface area contributed by atoms with Gasteiger partial charge in [-0.2, -0.15) is 0 Å². The van der Waals surface area contributed by atoms with Crippen LogP contribution in [0.25, 0.3) is 0 Å². The highest BCUT2D eigenvalue weighted by atomic mass is 31.0. The van der Waals surface area contributed by atoms with Gasteiger partial charge in [-0.3, -0.25) is 9.46 Å². The van der Waals surface area contributed by atoms with E-state index in [1.165, 1.54) is 6.33 Å². The first-order chi connectivity index (χ1) is 6.75. The third kappa shape index (κ3) is 2.11. The van der Waals surface area contributed by atoms with Crippen molar-refractivity contribution in [3.05, 3.63) is 22.7 Å². The normalized spacial score (nSPS) is 18.5. The van der Waals surface area contributed by atoms with E-state index >= 15 is 0 Å². The van der Waals surface area contributed by atoms with Crippen LogP contribution in [-0.2, 0) is 0 Å². The summed E-state index contributed by atoms with van der Waals surface area (Å²) in [7, 11) is 2.69. The molecule has 1 aromatic rings. The average Bonchev–Trinajstić information content (AvgIpc) is 2.19. The lowest BCUT2D eigenvalue weighted by atomic mass is 10.3. The van der Waals surface area contributed by atoms with Gasteiger partial charge in [-0.15, -0.1) is 0 Å². The van der Waals surface area contributed by atoms with Gasteiger partial charge in [0, 0.05) is 32.2 Å². The van der Waals surface area contributed by atoms with Crippen molar-refractivity contribution in [2.75, 3.05) is 31.1 Å². The van der Waals surface area contributed by atoms with Gasteiger partial charge < -0.3 is 9.88 Å². The molecule has 0 bridgehead atoms. The van der Waals surface area contributed by atoms with Gasteiger partial charge in [0.25, 0.3) is 5.56 Å². The van der Waals surface area contributed by atoms with Crippen molar-refractivity contribution in [3.63, 3.8) is 0 Å². The van der Waals surface area contributed by atoms with Gasteiger partial charge in [-0.25, -0.2) is 4.98 Å². The van der Waals surface area contributed by atoms with E-state index in [1.54, 1.807) is 6.07 Å². The second kappa shape index (κ2) is 4.07. The fourth-order valence-corrected chi connectivity index (χ4v) is 1.71. The molecule has 14 heavy (non-hydrogen) atoms. The molecule has 5 nitrogen and oxygen atoms in total. The minimum Gasteiger partial charge on any atom is -0.354 e. The van der Waals surface area contributed by atoms with E-state index < -0.39 is 0 Å². The summed E-state index contributed by atoms with van der Waals surface area (Å²) in [6, 6.07) is 1.54. The van der Waals surface area contributed by atoms with E-state index in [9.17, 15) is 4.79 Å². The Hall–Kier alpha value is -0.930. The Morgan fingerprint density at radius 1 is 1.36 bits per heavy atom. The van der Waals surface area contributed by atoms with Crippen molar-refractivity contribution in [1.29, 1.82) is 0 Å². The molecule has 2 rings (SSSR count). The van der Waals surface area contributed by atoms with Crippen LogP contribution in [0.4, 0.5) is 5.82 Å². The first-order valence-electron chi connectivity index (χ1n) is 4.55. The SMILES string of the molecule is O=c1cc(N2CCN(P)CC2)nc[nH]1. The minimum atomic E-state index is -0.0942. The van der Waals surface area contributed by atoms with Gasteiger partial charge >= 0.3 is 0 Å². The summed E-state index contributed by atoms with van der Waals surface area (Å²) >= 11 is 0. The molecule has 1 unspecified atom stereocenters. The molecule has 2 heterocycles. The Morgan fingerprint density at radius 2 is 2.07 bits per heavy atom. The molecule has 1 N–H and O–H groups in total. The monoisotopic (exact) mass is 212 g/mol. The van der Waals surface area contributed by atoms with E-state index in [0.717, 1.165) is 32.0 Å². The maximum atomic E-state index is 11.1. The Labute approximate surface area is 84.4 Å². The van der Waals surface area contributed by atoms with E-state index in [0.29, 0.717) is 0 Å². The Morgan fingerprint density at radius 3 is 2.71 bits per heavy atom. The molecule has 0 saturated carbocycles. The average molecular weight is 212 g/mol. The van der Waals surface area contributed by atoms with Crippen molar-refractivity contribution in [1.82, 2.24) is 14.6 Å². The van der Waals surface area contributed by atoms with Crippen LogP contribution in [0.3, 0.4) is 0 Å². The van der Waals surface area contributed by atoms with E-state index in [4.69, 9.17) is 0 Å². The number of anilines is 1. The third-order valence-corrected chi connectivity index (χ3v) is 2.82. The predicted octanol–water partition coefficient (Wildman–Crippen LogP) is -0.318. The van der Waals surface area contributed by atoms with Crippen LogP contribution in [-0.4, -0.2) is 40.8 Å². The number of H-pyrrole nitrogens is 1. The number of hydrogen-bond acceptors (Lipinski definition) is 4. The van der Waals surface area contributed by atoms with Gasteiger partial charge in [-0.05, 0) is 0 Å². The molecule has 76 valence electrons. The highest BCUT2D eigenvalue weighted by Gasteiger charge is 2.15. The maximum Gasteiger partial charge on any atom is 0.252 e. The van der Waals surface area contributed by atoms with Crippen LogP contribution in [0, 0.1) is 0 Å². The van der Waals surface area contributed by atoms with Crippen molar-refractivity contribution >= 4 is 15.2 Å². The van der Waals surface area contributed by atoms with E-state index in [1.807, 2.05) is 0 Å². The molecule has 6 heteroatoms. The van der Waals surface area contributed by atoms with Crippen LogP contribution in [0.2, 0.25) is 0 Å². The van der Waals surface area contributed by atoms with Crippen LogP contribution < -0.4 is 10.5 Å². The number of piperazine rings is 1. The zero-order chi connectivity index (χ0) is 9.97. The smallest absolute Gasteiger partial charge is 0.252 e. The topological polar surface area (TPSA) is 52.2 Å². The molecule has 0 aromatic carbocycles. The van der Waals surface area contributed by atoms with E-state index in [-0.39, 0.29) is 5.56 Å². The summed E-state index contributed by atoms with van der Waals surface area (Å²) < 4.78 is 2.18. The minimum absolute atomic E-state index is 0.0942. The molecule has 1 aliphatic rings. The molecular formula is C8H13N4OP. The quantitative estimate of drug-likeness (QED) is 0.648. The standard InChI is InChI=1S/C8H13N4OP/c13-8-5-7(9-6-10-8)11-1-3-12(14)4-2-11/h5-6H,1-4,14H2,(H,9,10,13). The Kier molecular flexibility index (Phi) is 2.79. The van der Waals surface area contributed by atoms with Crippen LogP contribution in [0.1, 0.15) is 0 Å². The zero-order valence-electron chi connectivity index (χ0n) is 7.81. The lowest BCUT2D eigenvalue weighted by molar-refractivity contribution is 0.427. The fourth-order valence-electron chi connectivity index (χ4n) is 1.48. The van der Waals surface area contributed by atoms with Crippen molar-refractivity contribution in [3.8, 4) is 0 Å². The van der Waals surface area contributed by atoms with Crippen LogP contribution in [0.15, 0.2) is 17.2 Å². The van der Waals surface area contributed by atoms with Crippen molar-refractivity contribution < 1.29 is 0 Å². The van der Waals surface area contributed by atoms with E-state index in [2.05, 4.69) is 28.9 Å². The van der Waals surface area contributed by atoms with Crippen LogP contribution >= 0.6 is 9.39 Å². The molecule has 1 atom stereocenters. The highest BCUT2D eigenvalue weighted by Crippen LogP contribution is 2.12. The van der Waals surface area contributed by atoms with Crippen LogP contribution in [0.5, 0.6) is 0 Å². The fraction of sp³-hybridized carbons (Fsp3) is 0.500. The summed E-state index contributed by atoms with van der Waals surface area (Å²) in [6.45, 7) is 3.80. The molecule has 1 saturated heterocycles. The zero-order valence-corrected chi connectivity index (χ0v) is 8.97. The number of aromatic amines is 1. The second-order valence-corrected chi connectivity index (χ2v) is 4.02. The van der Waals surface area contributed by atoms with Gasteiger partial charge in [0.15, 0.2) is 0 Å². The highest BCUT2D eigenvalue weighted by molar-refractivity contribution is 7.13. The lowest BCUT2D eigenvalue weighted by Gasteiger charge is -2.32. The number of nitrogens with zero attached hydrogens (tertiary/aromatic N) is 3.